The van der Waals surface area contributed by atoms with Crippen LogP contribution in [0.15, 0.2) is 18.5 Å². The molecule has 2 aliphatic rings. The number of carbonyl (C=O) groups excluding carboxylic acids is 1. The number of hydrogen-bond donors (Lipinski definition) is 1. The Labute approximate surface area is 121 Å². The summed E-state index contributed by atoms with van der Waals surface area (Å²) in [7, 11) is 0. The maximum Gasteiger partial charge on any atom is 0.261 e. The van der Waals surface area contributed by atoms with E-state index in [1.165, 1.54) is 16.9 Å². The van der Waals surface area contributed by atoms with E-state index in [0.29, 0.717) is 0 Å². The second-order valence-corrected chi connectivity index (χ2v) is 6.75. The van der Waals surface area contributed by atoms with Crippen LogP contribution in [0, 0.1) is 0 Å². The molecule has 1 aliphatic heterocycles. The summed E-state index contributed by atoms with van der Waals surface area (Å²) < 4.78 is 2.14. The van der Waals surface area contributed by atoms with Crippen molar-refractivity contribution in [3.63, 3.8) is 0 Å². The summed E-state index contributed by atoms with van der Waals surface area (Å²) in [6, 6.07) is 2.31. The van der Waals surface area contributed by atoms with E-state index >= 15 is 0 Å². The van der Waals surface area contributed by atoms with Crippen molar-refractivity contribution in [2.75, 3.05) is 0 Å². The Morgan fingerprint density at radius 1 is 1.40 bits per heavy atom. The van der Waals surface area contributed by atoms with E-state index in [1.54, 1.807) is 11.3 Å². The molecular weight excluding hydrogens is 270 g/mol. The molecule has 0 aromatic carbocycles. The molecule has 20 heavy (non-hydrogen) atoms. The summed E-state index contributed by atoms with van der Waals surface area (Å²) in [5.41, 5.74) is 1.39. The molecule has 3 heterocycles. The number of aromatic nitrogens is 2. The number of imidazole rings is 1. The molecule has 0 unspecified atom stereocenters. The van der Waals surface area contributed by atoms with Crippen LogP contribution in [0.5, 0.6) is 0 Å². The van der Waals surface area contributed by atoms with Crippen molar-refractivity contribution >= 4 is 17.2 Å². The lowest BCUT2D eigenvalue weighted by molar-refractivity contribution is 0.0931. The highest BCUT2D eigenvalue weighted by molar-refractivity contribution is 7.14. The van der Waals surface area contributed by atoms with Gasteiger partial charge in [0.2, 0.25) is 0 Å². The van der Waals surface area contributed by atoms with Gasteiger partial charge in [-0.15, -0.1) is 11.3 Å². The Bertz CT molecular complexity index is 636. The minimum Gasteiger partial charge on any atom is -0.347 e. The SMILES string of the molecule is O=C(N[C@H]1CCc2nccn2C1)c1cc2c(s1)CCC2. The Kier molecular flexibility index (Phi) is 2.88. The van der Waals surface area contributed by atoms with Crippen LogP contribution in [0.2, 0.25) is 0 Å². The molecule has 0 saturated carbocycles. The van der Waals surface area contributed by atoms with Gasteiger partial charge in [0, 0.05) is 36.3 Å². The molecule has 1 aliphatic carbocycles. The largest absolute Gasteiger partial charge is 0.347 e. The van der Waals surface area contributed by atoms with Gasteiger partial charge in [-0.25, -0.2) is 4.98 Å². The van der Waals surface area contributed by atoms with Crippen LogP contribution >= 0.6 is 11.3 Å². The van der Waals surface area contributed by atoms with E-state index in [9.17, 15) is 4.79 Å². The van der Waals surface area contributed by atoms with E-state index in [4.69, 9.17) is 0 Å². The number of fused-ring (bicyclic) bond motifs is 2. The summed E-state index contributed by atoms with van der Waals surface area (Å²) >= 11 is 1.67. The summed E-state index contributed by atoms with van der Waals surface area (Å²) in [6.45, 7) is 0.839. The molecule has 4 nitrogen and oxygen atoms in total. The van der Waals surface area contributed by atoms with Crippen LogP contribution in [0.1, 0.15) is 38.8 Å². The summed E-state index contributed by atoms with van der Waals surface area (Å²) in [5.74, 6) is 1.23. The zero-order valence-electron chi connectivity index (χ0n) is 11.3. The predicted octanol–water partition coefficient (Wildman–Crippen LogP) is 2.18. The average Bonchev–Trinajstić information content (AvgIpc) is 3.12. The molecule has 5 heteroatoms. The van der Waals surface area contributed by atoms with Gasteiger partial charge < -0.3 is 9.88 Å². The van der Waals surface area contributed by atoms with Gasteiger partial charge >= 0.3 is 0 Å². The van der Waals surface area contributed by atoms with E-state index < -0.39 is 0 Å². The van der Waals surface area contributed by atoms with Crippen molar-refractivity contribution in [2.24, 2.45) is 0 Å². The zero-order valence-corrected chi connectivity index (χ0v) is 12.1. The van der Waals surface area contributed by atoms with E-state index in [-0.39, 0.29) is 11.9 Å². The number of thiophene rings is 1. The van der Waals surface area contributed by atoms with Gasteiger partial charge in [0.15, 0.2) is 0 Å². The quantitative estimate of drug-likeness (QED) is 0.920. The molecular formula is C15H17N3OS. The molecule has 0 radical (unpaired) electrons. The molecule has 1 amide bonds. The molecule has 1 atom stereocenters. The minimum absolute atomic E-state index is 0.0953. The Morgan fingerprint density at radius 2 is 2.35 bits per heavy atom. The Hall–Kier alpha value is -1.62. The maximum absolute atomic E-state index is 12.3. The maximum atomic E-state index is 12.3. The third-order valence-electron chi connectivity index (χ3n) is 4.24. The number of amides is 1. The number of carbonyl (C=O) groups is 1. The van der Waals surface area contributed by atoms with Gasteiger partial charge in [-0.3, -0.25) is 4.79 Å². The number of rotatable bonds is 2. The van der Waals surface area contributed by atoms with Gasteiger partial charge in [0.25, 0.3) is 5.91 Å². The first-order chi connectivity index (χ1) is 9.79. The van der Waals surface area contributed by atoms with Crippen LogP contribution in [0.25, 0.3) is 0 Å². The molecule has 0 bridgehead atoms. The lowest BCUT2D eigenvalue weighted by atomic mass is 10.1. The first kappa shape index (κ1) is 12.1. The number of aryl methyl sites for hydroxylation is 3. The molecule has 0 saturated heterocycles. The van der Waals surface area contributed by atoms with Crippen molar-refractivity contribution < 1.29 is 4.79 Å². The van der Waals surface area contributed by atoms with Gasteiger partial charge in [-0.05, 0) is 37.3 Å². The van der Waals surface area contributed by atoms with Crippen LogP contribution in [-0.4, -0.2) is 21.5 Å². The van der Waals surface area contributed by atoms with Crippen molar-refractivity contribution in [1.82, 2.24) is 14.9 Å². The summed E-state index contributed by atoms with van der Waals surface area (Å²) in [5, 5.41) is 3.18. The standard InChI is InChI=1S/C15H17N3OS/c19-15(13-8-10-2-1-3-12(10)20-13)17-11-4-5-14-16-6-7-18(14)9-11/h6-8,11H,1-5,9H2,(H,17,19)/t11-/m0/s1. The first-order valence-corrected chi connectivity index (χ1v) is 8.04. The molecule has 0 fully saturated rings. The van der Waals surface area contributed by atoms with Crippen molar-refractivity contribution in [2.45, 2.75) is 44.7 Å². The van der Waals surface area contributed by atoms with Gasteiger partial charge in [0.05, 0.1) is 4.88 Å². The molecule has 4 rings (SSSR count). The minimum atomic E-state index is 0.0953. The van der Waals surface area contributed by atoms with Crippen LogP contribution in [0.3, 0.4) is 0 Å². The second kappa shape index (κ2) is 4.74. The van der Waals surface area contributed by atoms with Crippen molar-refractivity contribution in [3.05, 3.63) is 39.6 Å². The van der Waals surface area contributed by atoms with Crippen molar-refractivity contribution in [1.29, 1.82) is 0 Å². The highest BCUT2D eigenvalue weighted by Crippen LogP contribution is 2.30. The summed E-state index contributed by atoms with van der Waals surface area (Å²) in [4.78, 5) is 19.0. The monoisotopic (exact) mass is 287 g/mol. The second-order valence-electron chi connectivity index (χ2n) is 5.62. The Morgan fingerprint density at radius 3 is 3.25 bits per heavy atom. The molecule has 0 spiro atoms. The number of hydrogen-bond acceptors (Lipinski definition) is 3. The van der Waals surface area contributed by atoms with Gasteiger partial charge in [-0.2, -0.15) is 0 Å². The van der Waals surface area contributed by atoms with Crippen LogP contribution < -0.4 is 5.32 Å². The highest BCUT2D eigenvalue weighted by atomic mass is 32.1. The third kappa shape index (κ3) is 2.06. The number of nitrogens with one attached hydrogen (secondary N) is 1. The molecule has 2 aromatic heterocycles. The molecule has 104 valence electrons. The number of nitrogens with zero attached hydrogens (tertiary/aromatic N) is 2. The smallest absolute Gasteiger partial charge is 0.261 e. The third-order valence-corrected chi connectivity index (χ3v) is 5.48. The average molecular weight is 287 g/mol. The van der Waals surface area contributed by atoms with Crippen LogP contribution in [-0.2, 0) is 25.8 Å². The molecule has 2 aromatic rings. The zero-order chi connectivity index (χ0) is 13.5. The van der Waals surface area contributed by atoms with Crippen LogP contribution in [0.4, 0.5) is 0 Å². The fourth-order valence-corrected chi connectivity index (χ4v) is 4.34. The fraction of sp³-hybridized carbons (Fsp3) is 0.467. The Balaban J connectivity index is 1.45. The molecule has 1 N–H and O–H groups in total. The van der Waals surface area contributed by atoms with E-state index in [2.05, 4.69) is 20.9 Å². The predicted molar refractivity (Wildman–Crippen MR) is 78.1 cm³/mol. The topological polar surface area (TPSA) is 46.9 Å². The van der Waals surface area contributed by atoms with Gasteiger partial charge in [0.1, 0.15) is 5.82 Å². The lowest BCUT2D eigenvalue weighted by Gasteiger charge is -2.24. The van der Waals surface area contributed by atoms with Crippen molar-refractivity contribution in [3.8, 4) is 0 Å². The summed E-state index contributed by atoms with van der Waals surface area (Å²) in [6.07, 6.45) is 9.29. The van der Waals surface area contributed by atoms with Gasteiger partial charge in [-0.1, -0.05) is 0 Å². The van der Waals surface area contributed by atoms with E-state index in [0.717, 1.165) is 42.9 Å². The first-order valence-electron chi connectivity index (χ1n) is 7.22. The highest BCUT2D eigenvalue weighted by Gasteiger charge is 2.23. The van der Waals surface area contributed by atoms with E-state index in [1.807, 2.05) is 12.4 Å². The lowest BCUT2D eigenvalue weighted by Crippen LogP contribution is -2.40. The normalized spacial score (nSPS) is 20.5. The fourth-order valence-electron chi connectivity index (χ4n) is 3.18.